The highest BCUT2D eigenvalue weighted by atomic mass is 19.4. The van der Waals surface area contributed by atoms with E-state index in [1.54, 1.807) is 13.0 Å². The molecule has 0 spiro atoms. The van der Waals surface area contributed by atoms with Gasteiger partial charge in [-0.3, -0.25) is 0 Å². The van der Waals surface area contributed by atoms with Gasteiger partial charge >= 0.3 is 6.18 Å². The second-order valence-corrected chi connectivity index (χ2v) is 4.35. The molecule has 0 bridgehead atoms. The molecule has 1 aromatic rings. The second-order valence-electron chi connectivity index (χ2n) is 4.35. The van der Waals surface area contributed by atoms with Gasteiger partial charge in [0.05, 0.1) is 12.2 Å². The lowest BCUT2D eigenvalue weighted by atomic mass is 10.0. The molecule has 0 heterocycles. The largest absolute Gasteiger partial charge is 0.491 e. The van der Waals surface area contributed by atoms with Crippen molar-refractivity contribution in [3.05, 3.63) is 29.3 Å². The first-order valence-electron chi connectivity index (χ1n) is 5.92. The summed E-state index contributed by atoms with van der Waals surface area (Å²) in [5.41, 5.74) is 5.36. The lowest BCUT2D eigenvalue weighted by Crippen LogP contribution is -2.18. The van der Waals surface area contributed by atoms with Gasteiger partial charge in [-0.25, -0.2) is 0 Å². The van der Waals surface area contributed by atoms with Gasteiger partial charge in [-0.2, -0.15) is 13.2 Å². The van der Waals surface area contributed by atoms with Crippen LogP contribution in [0.15, 0.2) is 18.2 Å². The summed E-state index contributed by atoms with van der Waals surface area (Å²) in [6.45, 7) is 2.06. The molecule has 1 atom stereocenters. The van der Waals surface area contributed by atoms with Crippen LogP contribution in [0.4, 0.5) is 13.2 Å². The Morgan fingerprint density at radius 2 is 1.95 bits per heavy atom. The minimum absolute atomic E-state index is 0.0756. The van der Waals surface area contributed by atoms with Gasteiger partial charge < -0.3 is 15.2 Å². The number of halogens is 3. The quantitative estimate of drug-likeness (QED) is 0.813. The number of nitrogens with two attached hydrogens (primary N) is 1. The van der Waals surface area contributed by atoms with E-state index >= 15 is 0 Å². The molecule has 0 aliphatic rings. The van der Waals surface area contributed by atoms with Gasteiger partial charge in [0.2, 0.25) is 0 Å². The van der Waals surface area contributed by atoms with Crippen LogP contribution < -0.4 is 10.5 Å². The van der Waals surface area contributed by atoms with E-state index in [2.05, 4.69) is 0 Å². The van der Waals surface area contributed by atoms with Gasteiger partial charge in [0.25, 0.3) is 0 Å². The van der Waals surface area contributed by atoms with Crippen LogP contribution in [0.1, 0.15) is 18.1 Å². The van der Waals surface area contributed by atoms with Crippen LogP contribution in [0.25, 0.3) is 0 Å². The number of ether oxygens (including phenoxy) is 2. The van der Waals surface area contributed by atoms with E-state index < -0.39 is 11.7 Å². The smallest absolute Gasteiger partial charge is 0.419 e. The summed E-state index contributed by atoms with van der Waals surface area (Å²) in [6.07, 6.45) is -4.06. The third-order valence-corrected chi connectivity index (χ3v) is 2.45. The van der Waals surface area contributed by atoms with Crippen LogP contribution in [0, 0.1) is 0 Å². The number of rotatable bonds is 6. The van der Waals surface area contributed by atoms with Gasteiger partial charge in [-0.1, -0.05) is 6.07 Å². The lowest BCUT2D eigenvalue weighted by molar-refractivity contribution is -0.139. The topological polar surface area (TPSA) is 44.5 Å². The number of hydrogen-bond donors (Lipinski definition) is 1. The Morgan fingerprint density at radius 1 is 1.26 bits per heavy atom. The average Bonchev–Trinajstić information content (AvgIpc) is 2.29. The molecule has 19 heavy (non-hydrogen) atoms. The standard InChI is InChI=1S/C13H18F3NO2/c1-9(17)7-10-3-4-12(19-6-5-18-2)11(8-10)13(14,15)16/h3-4,8-9H,5-7,17H2,1-2H3. The maximum Gasteiger partial charge on any atom is 0.419 e. The van der Waals surface area contributed by atoms with Crippen LogP contribution in [0.2, 0.25) is 0 Å². The number of methoxy groups -OCH3 is 1. The van der Waals surface area contributed by atoms with Crippen molar-refractivity contribution in [1.82, 2.24) is 0 Å². The molecule has 1 aromatic carbocycles. The summed E-state index contributed by atoms with van der Waals surface area (Å²) < 4.78 is 48.6. The molecule has 6 heteroatoms. The number of hydrogen-bond acceptors (Lipinski definition) is 3. The Labute approximate surface area is 110 Å². The monoisotopic (exact) mass is 277 g/mol. The Balaban J connectivity index is 2.96. The van der Waals surface area contributed by atoms with Crippen LogP contribution in [-0.4, -0.2) is 26.4 Å². The molecule has 0 radical (unpaired) electrons. The molecule has 108 valence electrons. The molecule has 0 saturated heterocycles. The summed E-state index contributed by atoms with van der Waals surface area (Å²) in [4.78, 5) is 0. The van der Waals surface area contributed by atoms with Crippen LogP contribution >= 0.6 is 0 Å². The maximum atomic E-state index is 12.9. The van der Waals surface area contributed by atoms with Crippen molar-refractivity contribution >= 4 is 0 Å². The molecule has 0 aromatic heterocycles. The Kier molecular flexibility index (Phi) is 5.62. The van der Waals surface area contributed by atoms with E-state index in [0.29, 0.717) is 12.0 Å². The van der Waals surface area contributed by atoms with E-state index in [9.17, 15) is 13.2 Å². The molecule has 0 aliphatic heterocycles. The van der Waals surface area contributed by atoms with Gasteiger partial charge in [-0.05, 0) is 31.0 Å². The van der Waals surface area contributed by atoms with Crippen molar-refractivity contribution in [2.24, 2.45) is 5.73 Å². The van der Waals surface area contributed by atoms with Crippen molar-refractivity contribution in [3.63, 3.8) is 0 Å². The molecule has 0 aliphatic carbocycles. The normalized spacial score (nSPS) is 13.4. The molecular weight excluding hydrogens is 259 g/mol. The summed E-state index contributed by atoms with van der Waals surface area (Å²) in [6, 6.07) is 3.82. The number of benzene rings is 1. The van der Waals surface area contributed by atoms with Gasteiger partial charge in [0.1, 0.15) is 12.4 Å². The van der Waals surface area contributed by atoms with E-state index in [0.717, 1.165) is 6.07 Å². The van der Waals surface area contributed by atoms with E-state index in [4.69, 9.17) is 15.2 Å². The fourth-order valence-corrected chi connectivity index (χ4v) is 1.66. The first-order chi connectivity index (χ1) is 8.84. The Hall–Kier alpha value is -1.27. The lowest BCUT2D eigenvalue weighted by Gasteiger charge is -2.16. The molecule has 0 amide bonds. The summed E-state index contributed by atoms with van der Waals surface area (Å²) >= 11 is 0. The molecular formula is C13H18F3NO2. The summed E-state index contributed by atoms with van der Waals surface area (Å²) in [5.74, 6) is -0.182. The van der Waals surface area contributed by atoms with Crippen molar-refractivity contribution < 1.29 is 22.6 Å². The highest BCUT2D eigenvalue weighted by molar-refractivity contribution is 5.39. The molecule has 2 N–H and O–H groups in total. The zero-order valence-electron chi connectivity index (χ0n) is 11.0. The third kappa shape index (κ3) is 5.08. The van der Waals surface area contributed by atoms with Crippen molar-refractivity contribution in [2.45, 2.75) is 25.6 Å². The van der Waals surface area contributed by atoms with E-state index in [1.807, 2.05) is 0 Å². The fraction of sp³-hybridized carbons (Fsp3) is 0.538. The van der Waals surface area contributed by atoms with Crippen molar-refractivity contribution in [3.8, 4) is 5.75 Å². The van der Waals surface area contributed by atoms with Crippen LogP contribution in [0.3, 0.4) is 0 Å². The molecule has 1 rings (SSSR count). The van der Waals surface area contributed by atoms with Gasteiger partial charge in [0.15, 0.2) is 0 Å². The molecule has 0 fully saturated rings. The minimum atomic E-state index is -4.45. The minimum Gasteiger partial charge on any atom is -0.491 e. The molecule has 1 unspecified atom stereocenters. The SMILES string of the molecule is COCCOc1ccc(CC(C)N)cc1C(F)(F)F. The molecule has 0 saturated carbocycles. The highest BCUT2D eigenvalue weighted by Crippen LogP contribution is 2.37. The summed E-state index contributed by atoms with van der Waals surface area (Å²) in [5, 5.41) is 0. The Bertz CT molecular complexity index is 405. The first-order valence-corrected chi connectivity index (χ1v) is 5.92. The van der Waals surface area contributed by atoms with Crippen LogP contribution in [-0.2, 0) is 17.3 Å². The predicted octanol–water partition coefficient (Wildman–Crippen LogP) is 2.62. The number of alkyl halides is 3. The van der Waals surface area contributed by atoms with Gasteiger partial charge in [0, 0.05) is 13.2 Å². The predicted molar refractivity (Wildman–Crippen MR) is 66.2 cm³/mol. The highest BCUT2D eigenvalue weighted by Gasteiger charge is 2.34. The maximum absolute atomic E-state index is 12.9. The fourth-order valence-electron chi connectivity index (χ4n) is 1.66. The van der Waals surface area contributed by atoms with E-state index in [-0.39, 0.29) is 25.0 Å². The molecule has 3 nitrogen and oxygen atoms in total. The Morgan fingerprint density at radius 3 is 2.47 bits per heavy atom. The van der Waals surface area contributed by atoms with Crippen LogP contribution in [0.5, 0.6) is 5.75 Å². The van der Waals surface area contributed by atoms with Crippen molar-refractivity contribution in [2.75, 3.05) is 20.3 Å². The third-order valence-electron chi connectivity index (χ3n) is 2.45. The second kappa shape index (κ2) is 6.77. The first kappa shape index (κ1) is 15.8. The zero-order chi connectivity index (χ0) is 14.5. The van der Waals surface area contributed by atoms with E-state index in [1.165, 1.54) is 13.2 Å². The zero-order valence-corrected chi connectivity index (χ0v) is 11.0. The van der Waals surface area contributed by atoms with Crippen molar-refractivity contribution in [1.29, 1.82) is 0 Å². The van der Waals surface area contributed by atoms with Gasteiger partial charge in [-0.15, -0.1) is 0 Å². The summed E-state index contributed by atoms with van der Waals surface area (Å²) in [7, 11) is 1.46. The average molecular weight is 277 g/mol.